The minimum atomic E-state index is -4.77. The molecule has 25 heavy (non-hydrogen) atoms. The van der Waals surface area contributed by atoms with Crippen molar-refractivity contribution in [2.45, 2.75) is 36.2 Å². The van der Waals surface area contributed by atoms with E-state index in [2.05, 4.69) is 0 Å². The normalized spacial score (nSPS) is 35.6. The zero-order valence-corrected chi connectivity index (χ0v) is 13.5. The lowest BCUT2D eigenvalue weighted by Gasteiger charge is -2.22. The number of hydrogen-bond donors (Lipinski definition) is 1. The summed E-state index contributed by atoms with van der Waals surface area (Å²) in [5.41, 5.74) is -1.86. The number of ether oxygens (including phenoxy) is 1. The van der Waals surface area contributed by atoms with Crippen molar-refractivity contribution in [2.24, 2.45) is 5.92 Å². The molecule has 1 N–H and O–H groups in total. The predicted octanol–water partition coefficient (Wildman–Crippen LogP) is 1.24. The topological polar surface area (TPSA) is 90.6 Å². The van der Waals surface area contributed by atoms with Crippen molar-refractivity contribution in [3.05, 3.63) is 29.3 Å². The highest BCUT2D eigenvalue weighted by atomic mass is 32.2. The van der Waals surface area contributed by atoms with Gasteiger partial charge in [-0.3, -0.25) is 4.31 Å². The molecular formula is C15H13F3N2O4S. The molecule has 0 spiro atoms. The quantitative estimate of drug-likeness (QED) is 0.799. The maximum Gasteiger partial charge on any atom is 0.417 e. The molecule has 3 heterocycles. The molecule has 0 aliphatic carbocycles. The number of alkyl halides is 3. The van der Waals surface area contributed by atoms with Crippen LogP contribution in [0.25, 0.3) is 0 Å². The first-order valence-corrected chi connectivity index (χ1v) is 9.11. The van der Waals surface area contributed by atoms with Gasteiger partial charge in [0.25, 0.3) is 0 Å². The van der Waals surface area contributed by atoms with Gasteiger partial charge in [-0.25, -0.2) is 8.42 Å². The second-order valence-electron chi connectivity index (χ2n) is 6.49. The first-order chi connectivity index (χ1) is 11.6. The Morgan fingerprint density at radius 2 is 2.08 bits per heavy atom. The van der Waals surface area contributed by atoms with Crippen LogP contribution in [0.15, 0.2) is 18.2 Å². The molecule has 1 aromatic rings. The van der Waals surface area contributed by atoms with Gasteiger partial charge in [0.15, 0.2) is 0 Å². The molecule has 0 radical (unpaired) electrons. The standard InChI is InChI=1S/C15H13F3N2O4S/c16-15(17,18)10-3-8(2-1-7(10)5-19)20-6-9-13-11(21)4-12(24-13)14(9)25(20,22)23/h1-3,9,11-14,21H,4,6H2/t9-,11+,12+,13-,14-/m0/s1. The highest BCUT2D eigenvalue weighted by Crippen LogP contribution is 2.49. The van der Waals surface area contributed by atoms with Gasteiger partial charge in [-0.2, -0.15) is 18.4 Å². The molecule has 1 aromatic carbocycles. The van der Waals surface area contributed by atoms with Crippen molar-refractivity contribution in [2.75, 3.05) is 10.8 Å². The van der Waals surface area contributed by atoms with Gasteiger partial charge in [-0.1, -0.05) is 0 Å². The van der Waals surface area contributed by atoms with Crippen LogP contribution in [-0.4, -0.2) is 43.6 Å². The minimum Gasteiger partial charge on any atom is -0.390 e. The number of halogens is 3. The van der Waals surface area contributed by atoms with Crippen molar-refractivity contribution in [3.8, 4) is 6.07 Å². The number of fused-ring (bicyclic) bond motifs is 5. The Kier molecular flexibility index (Phi) is 3.39. The van der Waals surface area contributed by atoms with E-state index >= 15 is 0 Å². The van der Waals surface area contributed by atoms with Crippen LogP contribution >= 0.6 is 0 Å². The van der Waals surface area contributed by atoms with E-state index in [-0.39, 0.29) is 18.7 Å². The Morgan fingerprint density at radius 1 is 1.36 bits per heavy atom. The van der Waals surface area contributed by atoms with E-state index in [0.717, 1.165) is 10.4 Å². The molecule has 0 amide bonds. The molecule has 4 rings (SSSR count). The molecule has 0 saturated carbocycles. The third-order valence-electron chi connectivity index (χ3n) is 5.14. The third-order valence-corrected chi connectivity index (χ3v) is 7.46. The second kappa shape index (κ2) is 5.09. The fraction of sp³-hybridized carbons (Fsp3) is 0.533. The molecule has 134 valence electrons. The van der Waals surface area contributed by atoms with Gasteiger partial charge in [0.05, 0.1) is 41.2 Å². The number of rotatable bonds is 1. The van der Waals surface area contributed by atoms with Crippen LogP contribution in [0.4, 0.5) is 18.9 Å². The Bertz CT molecular complexity index is 880. The van der Waals surface area contributed by atoms with Crippen molar-refractivity contribution in [1.82, 2.24) is 0 Å². The number of nitriles is 1. The summed E-state index contributed by atoms with van der Waals surface area (Å²) in [6, 6.07) is 4.33. The molecule has 2 bridgehead atoms. The molecule has 3 fully saturated rings. The summed E-state index contributed by atoms with van der Waals surface area (Å²) in [7, 11) is -3.91. The summed E-state index contributed by atoms with van der Waals surface area (Å²) in [5.74, 6) is -0.483. The van der Waals surface area contributed by atoms with Gasteiger partial charge in [-0.05, 0) is 18.2 Å². The van der Waals surface area contributed by atoms with Crippen molar-refractivity contribution in [1.29, 1.82) is 5.26 Å². The molecule has 0 unspecified atom stereocenters. The van der Waals surface area contributed by atoms with E-state index in [1.54, 1.807) is 0 Å². The Balaban J connectivity index is 1.76. The smallest absolute Gasteiger partial charge is 0.390 e. The van der Waals surface area contributed by atoms with Crippen LogP contribution < -0.4 is 4.31 Å². The van der Waals surface area contributed by atoms with E-state index in [4.69, 9.17) is 10.00 Å². The van der Waals surface area contributed by atoms with Crippen LogP contribution in [-0.2, 0) is 20.9 Å². The Hall–Kier alpha value is -1.83. The first kappa shape index (κ1) is 16.6. The summed E-state index contributed by atoms with van der Waals surface area (Å²) in [4.78, 5) is 0. The largest absolute Gasteiger partial charge is 0.417 e. The summed E-state index contributed by atoms with van der Waals surface area (Å²) in [6.07, 6.45) is -6.57. The zero-order chi connectivity index (χ0) is 18.1. The van der Waals surface area contributed by atoms with Crippen LogP contribution in [0, 0.1) is 17.2 Å². The first-order valence-electron chi connectivity index (χ1n) is 7.61. The van der Waals surface area contributed by atoms with Crippen molar-refractivity contribution < 1.29 is 31.4 Å². The van der Waals surface area contributed by atoms with Gasteiger partial charge in [0.1, 0.15) is 5.25 Å². The molecule has 3 saturated heterocycles. The number of benzene rings is 1. The number of nitrogens with zero attached hydrogens (tertiary/aromatic N) is 2. The van der Waals surface area contributed by atoms with E-state index in [9.17, 15) is 26.7 Å². The lowest BCUT2D eigenvalue weighted by atomic mass is 9.87. The van der Waals surface area contributed by atoms with Gasteiger partial charge in [0, 0.05) is 18.9 Å². The van der Waals surface area contributed by atoms with Gasteiger partial charge in [-0.15, -0.1) is 0 Å². The van der Waals surface area contributed by atoms with E-state index < -0.39 is 56.8 Å². The monoisotopic (exact) mass is 374 g/mol. The van der Waals surface area contributed by atoms with Crippen LogP contribution in [0.3, 0.4) is 0 Å². The minimum absolute atomic E-state index is 0.0472. The summed E-state index contributed by atoms with van der Waals surface area (Å²) in [5, 5.41) is 17.9. The van der Waals surface area contributed by atoms with Gasteiger partial charge < -0.3 is 9.84 Å². The number of sulfonamides is 1. The van der Waals surface area contributed by atoms with E-state index in [1.165, 1.54) is 12.1 Å². The summed E-state index contributed by atoms with van der Waals surface area (Å²) in [6.45, 7) is -0.0472. The zero-order valence-electron chi connectivity index (χ0n) is 12.6. The van der Waals surface area contributed by atoms with Crippen LogP contribution in [0.5, 0.6) is 0 Å². The van der Waals surface area contributed by atoms with Crippen LogP contribution in [0.1, 0.15) is 17.5 Å². The maximum atomic E-state index is 13.1. The lowest BCUT2D eigenvalue weighted by molar-refractivity contribution is -0.137. The van der Waals surface area contributed by atoms with E-state index in [1.807, 2.05) is 0 Å². The maximum absolute atomic E-state index is 13.1. The van der Waals surface area contributed by atoms with Crippen LogP contribution in [0.2, 0.25) is 0 Å². The number of aliphatic hydroxyl groups is 1. The summed E-state index contributed by atoms with van der Waals surface area (Å²) < 4.78 is 71.5. The molecule has 10 heteroatoms. The summed E-state index contributed by atoms with van der Waals surface area (Å²) >= 11 is 0. The van der Waals surface area contributed by atoms with Crippen molar-refractivity contribution >= 4 is 15.7 Å². The molecular weight excluding hydrogens is 361 g/mol. The molecule has 3 aliphatic rings. The predicted molar refractivity (Wildman–Crippen MR) is 79.0 cm³/mol. The molecule has 0 aromatic heterocycles. The number of anilines is 1. The number of aliphatic hydroxyl groups excluding tert-OH is 1. The fourth-order valence-corrected chi connectivity index (χ4v) is 6.44. The fourth-order valence-electron chi connectivity index (χ4n) is 4.12. The average Bonchev–Trinajstić information content (AvgIpc) is 3.15. The number of hydrogen-bond acceptors (Lipinski definition) is 5. The highest BCUT2D eigenvalue weighted by Gasteiger charge is 2.64. The molecule has 6 nitrogen and oxygen atoms in total. The lowest BCUT2D eigenvalue weighted by Crippen LogP contribution is -2.40. The average molecular weight is 374 g/mol. The highest BCUT2D eigenvalue weighted by molar-refractivity contribution is 7.93. The van der Waals surface area contributed by atoms with Crippen molar-refractivity contribution in [3.63, 3.8) is 0 Å². The van der Waals surface area contributed by atoms with Gasteiger partial charge in [0.2, 0.25) is 10.0 Å². The SMILES string of the molecule is N#Cc1ccc(N2C[C@H]3[C@@H]4O[C@H](C[C@H]4O)[C@H]3S2(=O)=O)cc1C(F)(F)F. The molecule has 5 atom stereocenters. The third kappa shape index (κ3) is 2.26. The second-order valence-corrected chi connectivity index (χ2v) is 8.50. The van der Waals surface area contributed by atoms with Gasteiger partial charge >= 0.3 is 6.18 Å². The Morgan fingerprint density at radius 3 is 2.72 bits per heavy atom. The Labute approximate surface area is 141 Å². The van der Waals surface area contributed by atoms with E-state index in [0.29, 0.717) is 6.07 Å². The molecule has 3 aliphatic heterocycles.